The second-order valence-electron chi connectivity index (χ2n) is 8.02. The highest BCUT2D eigenvalue weighted by molar-refractivity contribution is 5.65. The van der Waals surface area contributed by atoms with Gasteiger partial charge in [0.25, 0.3) is 5.89 Å². The van der Waals surface area contributed by atoms with Gasteiger partial charge in [-0.3, -0.25) is 0 Å². The minimum absolute atomic E-state index is 0.0206. The van der Waals surface area contributed by atoms with Gasteiger partial charge in [0.2, 0.25) is 5.82 Å². The van der Waals surface area contributed by atoms with Gasteiger partial charge < -0.3 is 18.7 Å². The first-order valence-electron chi connectivity index (χ1n) is 11.2. The van der Waals surface area contributed by atoms with Gasteiger partial charge in [0.1, 0.15) is 11.8 Å². The fraction of sp³-hybridized carbons (Fsp3) is 0.423. The van der Waals surface area contributed by atoms with Crippen LogP contribution in [0.1, 0.15) is 50.3 Å². The summed E-state index contributed by atoms with van der Waals surface area (Å²) in [6, 6.07) is 13.6. The molecule has 1 unspecified atom stereocenters. The molecular formula is C26H31N3O4. The number of ether oxygens (including phenoxy) is 3. The Balaban J connectivity index is 1.78. The average Bonchev–Trinajstić information content (AvgIpc) is 3.29. The molecule has 0 amide bonds. The third kappa shape index (κ3) is 6.19. The Labute approximate surface area is 195 Å². The second-order valence-corrected chi connectivity index (χ2v) is 8.02. The predicted octanol–water partition coefficient (Wildman–Crippen LogP) is 5.70. The minimum atomic E-state index is -0.172. The van der Waals surface area contributed by atoms with Crippen molar-refractivity contribution in [2.45, 2.75) is 59.4 Å². The van der Waals surface area contributed by atoms with E-state index in [0.29, 0.717) is 35.2 Å². The molecule has 1 aromatic heterocycles. The lowest BCUT2D eigenvalue weighted by atomic mass is 9.98. The first-order valence-corrected chi connectivity index (χ1v) is 11.2. The lowest BCUT2D eigenvalue weighted by Crippen LogP contribution is -2.15. The standard InChI is InChI=1S/C26H31N3O4/c1-6-31-24(30-5)12-8-10-19-9-7-11-22(18(19)4)25-28-26(33-29-25)20-13-14-23(32-17(2)3)21(15-20)16-27/h7,9,11,13-15,17,24H,6,8,10,12H2,1-5H3. The van der Waals surface area contributed by atoms with Crippen molar-refractivity contribution in [2.24, 2.45) is 0 Å². The van der Waals surface area contributed by atoms with Gasteiger partial charge >= 0.3 is 0 Å². The highest BCUT2D eigenvalue weighted by Crippen LogP contribution is 2.30. The molecule has 0 aliphatic carbocycles. The number of aromatic nitrogens is 2. The SMILES string of the molecule is CCOC(CCCc1cccc(-c2noc(-c3ccc(OC(C)C)c(C#N)c3)n2)c1C)OC. The second kappa shape index (κ2) is 11.6. The molecule has 0 saturated carbocycles. The molecule has 7 heteroatoms. The van der Waals surface area contributed by atoms with E-state index >= 15 is 0 Å². The number of hydrogen-bond donors (Lipinski definition) is 0. The molecule has 1 atom stereocenters. The Kier molecular flexibility index (Phi) is 8.58. The smallest absolute Gasteiger partial charge is 0.258 e. The summed E-state index contributed by atoms with van der Waals surface area (Å²) in [7, 11) is 1.67. The summed E-state index contributed by atoms with van der Waals surface area (Å²) >= 11 is 0. The lowest BCUT2D eigenvalue weighted by molar-refractivity contribution is -0.124. The number of nitrogens with zero attached hydrogens (tertiary/aromatic N) is 3. The maximum Gasteiger partial charge on any atom is 0.258 e. The summed E-state index contributed by atoms with van der Waals surface area (Å²) in [5, 5.41) is 13.7. The fourth-order valence-corrected chi connectivity index (χ4v) is 3.67. The Morgan fingerprint density at radius 2 is 2.00 bits per heavy atom. The Morgan fingerprint density at radius 3 is 2.70 bits per heavy atom. The zero-order chi connectivity index (χ0) is 23.8. The first kappa shape index (κ1) is 24.4. The average molecular weight is 450 g/mol. The molecule has 0 aliphatic heterocycles. The van der Waals surface area contributed by atoms with Gasteiger partial charge in [-0.15, -0.1) is 0 Å². The maximum absolute atomic E-state index is 9.49. The van der Waals surface area contributed by atoms with Crippen molar-refractivity contribution in [2.75, 3.05) is 13.7 Å². The lowest BCUT2D eigenvalue weighted by Gasteiger charge is -2.15. The first-order chi connectivity index (χ1) is 16.0. The van der Waals surface area contributed by atoms with Crippen LogP contribution < -0.4 is 4.74 Å². The van der Waals surface area contributed by atoms with Crippen LogP contribution in [0, 0.1) is 18.3 Å². The van der Waals surface area contributed by atoms with E-state index in [9.17, 15) is 5.26 Å². The molecule has 33 heavy (non-hydrogen) atoms. The Morgan fingerprint density at radius 1 is 1.18 bits per heavy atom. The van der Waals surface area contributed by atoms with Gasteiger partial charge in [0, 0.05) is 24.8 Å². The topological polar surface area (TPSA) is 90.4 Å². The third-order valence-corrected chi connectivity index (χ3v) is 5.32. The van der Waals surface area contributed by atoms with Gasteiger partial charge in [-0.1, -0.05) is 23.4 Å². The van der Waals surface area contributed by atoms with Crippen LogP contribution in [-0.2, 0) is 15.9 Å². The number of benzene rings is 2. The number of aryl methyl sites for hydroxylation is 1. The van der Waals surface area contributed by atoms with Crippen molar-refractivity contribution in [1.29, 1.82) is 5.26 Å². The maximum atomic E-state index is 9.49. The summed E-state index contributed by atoms with van der Waals surface area (Å²) in [5.41, 5.74) is 4.38. The van der Waals surface area contributed by atoms with Crippen molar-refractivity contribution in [3.63, 3.8) is 0 Å². The Bertz CT molecular complexity index is 1100. The quantitative estimate of drug-likeness (QED) is 0.347. The molecule has 1 heterocycles. The molecule has 0 aliphatic rings. The monoisotopic (exact) mass is 449 g/mol. The van der Waals surface area contributed by atoms with E-state index in [1.54, 1.807) is 19.2 Å². The van der Waals surface area contributed by atoms with E-state index in [0.717, 1.165) is 30.4 Å². The summed E-state index contributed by atoms with van der Waals surface area (Å²) in [4.78, 5) is 4.60. The highest BCUT2D eigenvalue weighted by atomic mass is 16.7. The zero-order valence-corrected chi connectivity index (χ0v) is 19.9. The molecule has 3 aromatic rings. The van der Waals surface area contributed by atoms with Crippen LogP contribution in [0.2, 0.25) is 0 Å². The highest BCUT2D eigenvalue weighted by Gasteiger charge is 2.16. The number of hydrogen-bond acceptors (Lipinski definition) is 7. The van der Waals surface area contributed by atoms with Crippen LogP contribution in [0.3, 0.4) is 0 Å². The molecule has 3 rings (SSSR count). The van der Waals surface area contributed by atoms with Crippen LogP contribution in [0.15, 0.2) is 40.9 Å². The molecule has 0 saturated heterocycles. The van der Waals surface area contributed by atoms with Crippen molar-refractivity contribution < 1.29 is 18.7 Å². The summed E-state index contributed by atoms with van der Waals surface area (Å²) < 4.78 is 22.1. The Hall–Kier alpha value is -3.21. The van der Waals surface area contributed by atoms with Gasteiger partial charge in [-0.05, 0) is 76.3 Å². The summed E-state index contributed by atoms with van der Waals surface area (Å²) in [5.74, 6) is 1.43. The molecule has 174 valence electrons. The number of rotatable bonds is 11. The van der Waals surface area contributed by atoms with Crippen LogP contribution in [0.5, 0.6) is 5.75 Å². The largest absolute Gasteiger partial charge is 0.490 e. The molecule has 0 fully saturated rings. The van der Waals surface area contributed by atoms with Crippen LogP contribution in [0.25, 0.3) is 22.8 Å². The van der Waals surface area contributed by atoms with Gasteiger partial charge in [-0.25, -0.2) is 0 Å². The predicted molar refractivity (Wildman–Crippen MR) is 126 cm³/mol. The van der Waals surface area contributed by atoms with E-state index in [-0.39, 0.29) is 12.4 Å². The summed E-state index contributed by atoms with van der Waals surface area (Å²) in [6.07, 6.45) is 2.49. The zero-order valence-electron chi connectivity index (χ0n) is 19.9. The van der Waals surface area contributed by atoms with E-state index in [2.05, 4.69) is 29.2 Å². The molecule has 0 radical (unpaired) electrons. The molecule has 2 aromatic carbocycles. The van der Waals surface area contributed by atoms with Crippen molar-refractivity contribution in [3.8, 4) is 34.7 Å². The van der Waals surface area contributed by atoms with E-state index in [4.69, 9.17) is 18.7 Å². The molecule has 0 bridgehead atoms. The molecule has 0 N–H and O–H groups in total. The van der Waals surface area contributed by atoms with Gasteiger partial charge in [0.05, 0.1) is 11.7 Å². The van der Waals surface area contributed by atoms with Crippen molar-refractivity contribution >= 4 is 0 Å². The molecule has 0 spiro atoms. The van der Waals surface area contributed by atoms with Crippen molar-refractivity contribution in [1.82, 2.24) is 10.1 Å². The normalized spacial score (nSPS) is 12.0. The fourth-order valence-electron chi connectivity index (χ4n) is 3.67. The van der Waals surface area contributed by atoms with Gasteiger partial charge in [-0.2, -0.15) is 10.2 Å². The van der Waals surface area contributed by atoms with E-state index < -0.39 is 0 Å². The minimum Gasteiger partial charge on any atom is -0.490 e. The van der Waals surface area contributed by atoms with Crippen LogP contribution in [-0.4, -0.2) is 36.3 Å². The number of methoxy groups -OCH3 is 1. The number of nitriles is 1. The summed E-state index contributed by atoms with van der Waals surface area (Å²) in [6.45, 7) is 8.52. The van der Waals surface area contributed by atoms with E-state index in [1.165, 1.54) is 5.56 Å². The molecule has 7 nitrogen and oxygen atoms in total. The van der Waals surface area contributed by atoms with Gasteiger partial charge in [0.15, 0.2) is 6.29 Å². The van der Waals surface area contributed by atoms with Crippen molar-refractivity contribution in [3.05, 3.63) is 53.1 Å². The molecular weight excluding hydrogens is 418 g/mol. The third-order valence-electron chi connectivity index (χ3n) is 5.32. The van der Waals surface area contributed by atoms with E-state index in [1.807, 2.05) is 39.0 Å². The van der Waals surface area contributed by atoms with Crippen LogP contribution in [0.4, 0.5) is 0 Å². The van der Waals surface area contributed by atoms with Crippen LogP contribution >= 0.6 is 0 Å².